The fourth-order valence-corrected chi connectivity index (χ4v) is 3.25. The molecule has 0 saturated heterocycles. The highest BCUT2D eigenvalue weighted by atomic mass is 35.5. The number of nitrogens with one attached hydrogen (secondary N) is 1. The number of hydrogen-bond donors (Lipinski definition) is 1. The van der Waals surface area contributed by atoms with Crippen LogP contribution in [0, 0.1) is 11.3 Å². The quantitative estimate of drug-likeness (QED) is 0.888. The summed E-state index contributed by atoms with van der Waals surface area (Å²) in [4.78, 5) is 12.2. The van der Waals surface area contributed by atoms with Gasteiger partial charge in [-0.15, -0.1) is 0 Å². The van der Waals surface area contributed by atoms with Crippen LogP contribution in [0.1, 0.15) is 41.6 Å². The van der Waals surface area contributed by atoms with Gasteiger partial charge >= 0.3 is 0 Å². The van der Waals surface area contributed by atoms with Crippen molar-refractivity contribution in [1.82, 2.24) is 5.32 Å². The van der Waals surface area contributed by atoms with Gasteiger partial charge in [-0.05, 0) is 49.9 Å². The van der Waals surface area contributed by atoms with Gasteiger partial charge in [0.15, 0.2) is 0 Å². The Balaban J connectivity index is 1.50. The second kappa shape index (κ2) is 8.04. The minimum absolute atomic E-state index is 0.0242. The average molecular weight is 355 g/mol. The van der Waals surface area contributed by atoms with Crippen molar-refractivity contribution in [1.29, 1.82) is 5.26 Å². The number of rotatable bonds is 4. The summed E-state index contributed by atoms with van der Waals surface area (Å²) in [5, 5.41) is 12.4. The van der Waals surface area contributed by atoms with E-state index in [9.17, 15) is 4.79 Å². The number of amides is 1. The highest BCUT2D eigenvalue weighted by Gasteiger charge is 2.24. The minimum atomic E-state index is -0.0242. The topological polar surface area (TPSA) is 62.1 Å². The van der Waals surface area contributed by atoms with E-state index < -0.39 is 0 Å². The van der Waals surface area contributed by atoms with Crippen molar-refractivity contribution in [2.24, 2.45) is 0 Å². The lowest BCUT2D eigenvalue weighted by atomic mass is 9.92. The van der Waals surface area contributed by atoms with Crippen LogP contribution in [0.15, 0.2) is 48.5 Å². The third-order valence-corrected chi connectivity index (χ3v) is 4.72. The molecule has 5 heteroatoms. The first-order valence-electron chi connectivity index (χ1n) is 8.38. The molecule has 0 aromatic heterocycles. The molecular weight excluding hydrogens is 336 g/mol. The monoisotopic (exact) mass is 354 g/mol. The Morgan fingerprint density at radius 2 is 1.84 bits per heavy atom. The minimum Gasteiger partial charge on any atom is -0.490 e. The molecule has 3 rings (SSSR count). The lowest BCUT2D eigenvalue weighted by Crippen LogP contribution is -2.39. The highest BCUT2D eigenvalue weighted by molar-refractivity contribution is 6.31. The molecule has 1 saturated carbocycles. The van der Waals surface area contributed by atoms with Gasteiger partial charge in [-0.1, -0.05) is 29.8 Å². The smallest absolute Gasteiger partial charge is 0.251 e. The largest absolute Gasteiger partial charge is 0.490 e. The second-order valence-corrected chi connectivity index (χ2v) is 6.59. The number of carbonyl (C=O) groups is 1. The highest BCUT2D eigenvalue weighted by Crippen LogP contribution is 2.27. The van der Waals surface area contributed by atoms with Gasteiger partial charge in [0.2, 0.25) is 0 Å². The third-order valence-electron chi connectivity index (χ3n) is 4.41. The van der Waals surface area contributed by atoms with Gasteiger partial charge < -0.3 is 10.1 Å². The van der Waals surface area contributed by atoms with Crippen molar-refractivity contribution < 1.29 is 9.53 Å². The normalized spacial score (nSPS) is 19.7. The number of nitriles is 1. The van der Waals surface area contributed by atoms with Crippen LogP contribution in [-0.4, -0.2) is 18.1 Å². The molecule has 1 amide bonds. The van der Waals surface area contributed by atoms with E-state index in [4.69, 9.17) is 21.6 Å². The number of halogens is 1. The van der Waals surface area contributed by atoms with Crippen molar-refractivity contribution in [2.75, 3.05) is 0 Å². The molecule has 0 atom stereocenters. The summed E-state index contributed by atoms with van der Waals surface area (Å²) in [7, 11) is 0. The Kier molecular flexibility index (Phi) is 5.57. The Morgan fingerprint density at radius 1 is 1.12 bits per heavy atom. The first-order chi connectivity index (χ1) is 12.2. The number of hydrogen-bond acceptors (Lipinski definition) is 3. The van der Waals surface area contributed by atoms with Crippen LogP contribution >= 0.6 is 11.6 Å². The SMILES string of the molecule is N#Cc1ccc(O[C@H]2CC[C@H](NC(=O)c3ccccc3)CC2)cc1Cl. The molecule has 0 radical (unpaired) electrons. The molecule has 2 aromatic carbocycles. The first kappa shape index (κ1) is 17.3. The Labute approximate surface area is 152 Å². The fraction of sp³-hybridized carbons (Fsp3) is 0.300. The summed E-state index contributed by atoms with van der Waals surface area (Å²) in [6.07, 6.45) is 3.61. The molecule has 0 unspecified atom stereocenters. The van der Waals surface area contributed by atoms with Crippen molar-refractivity contribution in [3.8, 4) is 11.8 Å². The molecule has 0 bridgehead atoms. The molecule has 1 fully saturated rings. The van der Waals surface area contributed by atoms with Gasteiger partial charge in [-0.3, -0.25) is 4.79 Å². The summed E-state index contributed by atoms with van der Waals surface area (Å²) in [6.45, 7) is 0. The van der Waals surface area contributed by atoms with Gasteiger partial charge in [0.05, 0.1) is 16.7 Å². The Hall–Kier alpha value is -2.51. The van der Waals surface area contributed by atoms with Crippen molar-refractivity contribution in [3.05, 3.63) is 64.7 Å². The van der Waals surface area contributed by atoms with Crippen LogP contribution in [0.4, 0.5) is 0 Å². The molecule has 25 heavy (non-hydrogen) atoms. The van der Waals surface area contributed by atoms with E-state index >= 15 is 0 Å². The van der Waals surface area contributed by atoms with Crippen LogP contribution in [0.5, 0.6) is 5.75 Å². The van der Waals surface area contributed by atoms with E-state index in [2.05, 4.69) is 5.32 Å². The summed E-state index contributed by atoms with van der Waals surface area (Å²) < 4.78 is 5.97. The standard InChI is InChI=1S/C20H19ClN2O2/c21-19-12-18(9-6-15(19)13-22)25-17-10-7-16(8-11-17)23-20(24)14-4-2-1-3-5-14/h1-6,9,12,16-17H,7-8,10-11H2,(H,23,24)/t16-,17-. The van der Waals surface area contributed by atoms with Crippen LogP contribution in [0.25, 0.3) is 0 Å². The van der Waals surface area contributed by atoms with E-state index in [0.29, 0.717) is 21.9 Å². The molecule has 2 aromatic rings. The van der Waals surface area contributed by atoms with Gasteiger partial charge in [0.1, 0.15) is 11.8 Å². The zero-order chi connectivity index (χ0) is 17.6. The van der Waals surface area contributed by atoms with Crippen molar-refractivity contribution in [2.45, 2.75) is 37.8 Å². The van der Waals surface area contributed by atoms with Gasteiger partial charge in [-0.25, -0.2) is 0 Å². The van der Waals surface area contributed by atoms with E-state index in [1.54, 1.807) is 18.2 Å². The molecule has 1 aliphatic carbocycles. The second-order valence-electron chi connectivity index (χ2n) is 6.18. The summed E-state index contributed by atoms with van der Waals surface area (Å²) in [5.74, 6) is 0.657. The van der Waals surface area contributed by atoms with Crippen LogP contribution < -0.4 is 10.1 Å². The Morgan fingerprint density at radius 3 is 2.48 bits per heavy atom. The van der Waals surface area contributed by atoms with E-state index in [1.807, 2.05) is 36.4 Å². The third kappa shape index (κ3) is 4.52. The molecular formula is C20H19ClN2O2. The van der Waals surface area contributed by atoms with Gasteiger partial charge in [0, 0.05) is 17.7 Å². The number of nitrogens with zero attached hydrogens (tertiary/aromatic N) is 1. The number of carbonyl (C=O) groups excluding carboxylic acids is 1. The van der Waals surface area contributed by atoms with E-state index in [-0.39, 0.29) is 18.1 Å². The number of benzene rings is 2. The molecule has 1 N–H and O–H groups in total. The van der Waals surface area contributed by atoms with Crippen LogP contribution in [-0.2, 0) is 0 Å². The Bertz CT molecular complexity index is 778. The molecule has 0 spiro atoms. The first-order valence-corrected chi connectivity index (χ1v) is 8.75. The molecule has 0 aliphatic heterocycles. The van der Waals surface area contributed by atoms with Crippen molar-refractivity contribution in [3.63, 3.8) is 0 Å². The zero-order valence-electron chi connectivity index (χ0n) is 13.7. The molecule has 0 heterocycles. The van der Waals surface area contributed by atoms with E-state index in [0.717, 1.165) is 25.7 Å². The van der Waals surface area contributed by atoms with Crippen molar-refractivity contribution >= 4 is 17.5 Å². The number of ether oxygens (including phenoxy) is 1. The lowest BCUT2D eigenvalue weighted by molar-refractivity contribution is 0.0894. The maximum Gasteiger partial charge on any atom is 0.251 e. The maximum absolute atomic E-state index is 12.2. The van der Waals surface area contributed by atoms with Crippen LogP contribution in [0.2, 0.25) is 5.02 Å². The van der Waals surface area contributed by atoms with Gasteiger partial charge in [0.25, 0.3) is 5.91 Å². The summed E-state index contributed by atoms with van der Waals surface area (Å²) in [5.41, 5.74) is 1.13. The van der Waals surface area contributed by atoms with Crippen LogP contribution in [0.3, 0.4) is 0 Å². The summed E-state index contributed by atoms with van der Waals surface area (Å²) >= 11 is 6.04. The molecule has 4 nitrogen and oxygen atoms in total. The predicted molar refractivity (Wildman–Crippen MR) is 96.7 cm³/mol. The zero-order valence-corrected chi connectivity index (χ0v) is 14.5. The maximum atomic E-state index is 12.2. The summed E-state index contributed by atoms with van der Waals surface area (Å²) in [6, 6.07) is 16.6. The molecule has 128 valence electrons. The fourth-order valence-electron chi connectivity index (χ4n) is 3.04. The van der Waals surface area contributed by atoms with Gasteiger partial charge in [-0.2, -0.15) is 5.26 Å². The average Bonchev–Trinajstić information content (AvgIpc) is 2.64. The molecule has 1 aliphatic rings. The van der Waals surface area contributed by atoms with E-state index in [1.165, 1.54) is 0 Å². The predicted octanol–water partition coefficient (Wildman–Crippen LogP) is 4.33. The lowest BCUT2D eigenvalue weighted by Gasteiger charge is -2.29.